The second-order valence-corrected chi connectivity index (χ2v) is 7.21. The quantitative estimate of drug-likeness (QED) is 0.829. The molecule has 0 atom stereocenters. The minimum Gasteiger partial charge on any atom is -0.308 e. The molecule has 1 aromatic carbocycles. The van der Waals surface area contributed by atoms with Crippen LogP contribution in [0.2, 0.25) is 0 Å². The Hall–Kier alpha value is -0.910. The van der Waals surface area contributed by atoms with Gasteiger partial charge >= 0.3 is 0 Å². The molecule has 0 unspecified atom stereocenters. The summed E-state index contributed by atoms with van der Waals surface area (Å²) in [6, 6.07) is 7.13. The number of nitrogens with one attached hydrogen (secondary N) is 1. The standard InChI is InChI=1S/C14H24N2O2S/c1-12(2)11-13-5-7-14(8-6-13)19(17,18)15-9-10-16(3)4/h5-8,12,15H,9-11H2,1-4H3. The zero-order valence-corrected chi connectivity index (χ0v) is 13.0. The third kappa shape index (κ3) is 5.72. The fourth-order valence-corrected chi connectivity index (χ4v) is 2.78. The van der Waals surface area contributed by atoms with Gasteiger partial charge in [-0.25, -0.2) is 13.1 Å². The molecule has 0 radical (unpaired) electrons. The summed E-state index contributed by atoms with van der Waals surface area (Å²) < 4.78 is 26.6. The Morgan fingerprint density at radius 3 is 2.21 bits per heavy atom. The number of benzene rings is 1. The summed E-state index contributed by atoms with van der Waals surface area (Å²) in [5, 5.41) is 0. The first-order chi connectivity index (χ1) is 8.81. The van der Waals surface area contributed by atoms with Gasteiger partial charge in [0.1, 0.15) is 0 Å². The van der Waals surface area contributed by atoms with Crippen molar-refractivity contribution in [2.45, 2.75) is 25.2 Å². The van der Waals surface area contributed by atoms with E-state index in [1.807, 2.05) is 31.1 Å². The van der Waals surface area contributed by atoms with E-state index in [4.69, 9.17) is 0 Å². The van der Waals surface area contributed by atoms with E-state index >= 15 is 0 Å². The lowest BCUT2D eigenvalue weighted by Gasteiger charge is -2.11. The average Bonchev–Trinajstić information content (AvgIpc) is 2.28. The van der Waals surface area contributed by atoms with Crippen LogP contribution in [-0.4, -0.2) is 40.5 Å². The first-order valence-electron chi connectivity index (χ1n) is 6.54. The maximum atomic E-state index is 12.0. The Bertz CT molecular complexity index is 479. The molecule has 4 nitrogen and oxygen atoms in total. The minimum absolute atomic E-state index is 0.332. The molecule has 19 heavy (non-hydrogen) atoms. The molecule has 1 N–H and O–H groups in total. The monoisotopic (exact) mass is 284 g/mol. The topological polar surface area (TPSA) is 49.4 Å². The van der Waals surface area contributed by atoms with Gasteiger partial charge in [-0.05, 0) is 44.1 Å². The van der Waals surface area contributed by atoms with Crippen LogP contribution in [0.3, 0.4) is 0 Å². The Balaban J connectivity index is 2.68. The van der Waals surface area contributed by atoms with E-state index < -0.39 is 10.0 Å². The first-order valence-corrected chi connectivity index (χ1v) is 8.03. The van der Waals surface area contributed by atoms with Crippen LogP contribution in [0.15, 0.2) is 29.2 Å². The predicted molar refractivity (Wildman–Crippen MR) is 78.7 cm³/mol. The molecule has 108 valence electrons. The largest absolute Gasteiger partial charge is 0.308 e. The van der Waals surface area contributed by atoms with E-state index in [0.29, 0.717) is 23.9 Å². The summed E-state index contributed by atoms with van der Waals surface area (Å²) in [4.78, 5) is 2.27. The number of hydrogen-bond donors (Lipinski definition) is 1. The van der Waals surface area contributed by atoms with Crippen molar-refractivity contribution < 1.29 is 8.42 Å². The summed E-state index contributed by atoms with van der Waals surface area (Å²) in [5.41, 5.74) is 1.17. The lowest BCUT2D eigenvalue weighted by atomic mass is 10.0. The van der Waals surface area contributed by atoms with E-state index in [1.165, 1.54) is 5.56 Å². The molecular weight excluding hydrogens is 260 g/mol. The fraction of sp³-hybridized carbons (Fsp3) is 0.571. The lowest BCUT2D eigenvalue weighted by Crippen LogP contribution is -2.31. The van der Waals surface area contributed by atoms with Gasteiger partial charge in [-0.1, -0.05) is 26.0 Å². The van der Waals surface area contributed by atoms with Crippen molar-refractivity contribution in [1.82, 2.24) is 9.62 Å². The van der Waals surface area contributed by atoms with E-state index in [-0.39, 0.29) is 0 Å². The van der Waals surface area contributed by atoms with Crippen LogP contribution in [0.25, 0.3) is 0 Å². The van der Waals surface area contributed by atoms with Gasteiger partial charge in [0.2, 0.25) is 10.0 Å². The molecule has 0 heterocycles. The van der Waals surface area contributed by atoms with Gasteiger partial charge in [0.25, 0.3) is 0 Å². The van der Waals surface area contributed by atoms with Gasteiger partial charge in [0.05, 0.1) is 4.90 Å². The molecule has 0 aliphatic heterocycles. The second kappa shape index (κ2) is 7.03. The SMILES string of the molecule is CC(C)Cc1ccc(S(=O)(=O)NCCN(C)C)cc1. The van der Waals surface area contributed by atoms with Crippen LogP contribution in [0.5, 0.6) is 0 Å². The van der Waals surface area contributed by atoms with Crippen LogP contribution in [0, 0.1) is 5.92 Å². The van der Waals surface area contributed by atoms with Crippen LogP contribution < -0.4 is 4.72 Å². The van der Waals surface area contributed by atoms with Gasteiger partial charge < -0.3 is 4.90 Å². The number of hydrogen-bond acceptors (Lipinski definition) is 3. The average molecular weight is 284 g/mol. The predicted octanol–water partition coefficient (Wildman–Crippen LogP) is 1.72. The normalized spacial score (nSPS) is 12.3. The van der Waals surface area contributed by atoms with Gasteiger partial charge in [-0.2, -0.15) is 0 Å². The maximum absolute atomic E-state index is 12.0. The highest BCUT2D eigenvalue weighted by Crippen LogP contribution is 2.13. The third-order valence-corrected chi connectivity index (χ3v) is 4.21. The molecule has 0 spiro atoms. The summed E-state index contributed by atoms with van der Waals surface area (Å²) in [5.74, 6) is 0.570. The van der Waals surface area contributed by atoms with Gasteiger partial charge in [-0.3, -0.25) is 0 Å². The molecule has 0 saturated heterocycles. The highest BCUT2D eigenvalue weighted by atomic mass is 32.2. The van der Waals surface area contributed by atoms with Crippen molar-refractivity contribution in [3.63, 3.8) is 0 Å². The highest BCUT2D eigenvalue weighted by molar-refractivity contribution is 7.89. The van der Waals surface area contributed by atoms with Crippen LogP contribution >= 0.6 is 0 Å². The Kier molecular flexibility index (Phi) is 5.97. The molecule has 0 amide bonds. The van der Waals surface area contributed by atoms with Crippen LogP contribution in [0.1, 0.15) is 19.4 Å². The summed E-state index contributed by atoms with van der Waals surface area (Å²) in [7, 11) is 0.446. The van der Waals surface area contributed by atoms with E-state index in [2.05, 4.69) is 18.6 Å². The number of likely N-dealkylation sites (N-methyl/N-ethyl adjacent to an activating group) is 1. The molecule has 0 bridgehead atoms. The van der Waals surface area contributed by atoms with Gasteiger partial charge in [-0.15, -0.1) is 0 Å². The third-order valence-electron chi connectivity index (χ3n) is 2.73. The molecule has 1 rings (SSSR count). The van der Waals surface area contributed by atoms with Gasteiger partial charge in [0.15, 0.2) is 0 Å². The van der Waals surface area contributed by atoms with Crippen molar-refractivity contribution in [3.05, 3.63) is 29.8 Å². The Labute approximate surface area is 116 Å². The minimum atomic E-state index is -3.38. The zero-order valence-electron chi connectivity index (χ0n) is 12.2. The summed E-state index contributed by atoms with van der Waals surface area (Å²) in [6.07, 6.45) is 0.967. The van der Waals surface area contributed by atoms with Crippen LogP contribution in [-0.2, 0) is 16.4 Å². The molecule has 0 saturated carbocycles. The fourth-order valence-electron chi connectivity index (χ4n) is 1.76. The molecule has 0 aliphatic rings. The van der Waals surface area contributed by atoms with Crippen molar-refractivity contribution >= 4 is 10.0 Å². The smallest absolute Gasteiger partial charge is 0.240 e. The first kappa shape index (κ1) is 16.1. The lowest BCUT2D eigenvalue weighted by molar-refractivity contribution is 0.412. The van der Waals surface area contributed by atoms with E-state index in [1.54, 1.807) is 12.1 Å². The molecule has 5 heteroatoms. The number of sulfonamides is 1. The molecule has 0 aliphatic carbocycles. The van der Waals surface area contributed by atoms with Crippen molar-refractivity contribution in [3.8, 4) is 0 Å². The zero-order chi connectivity index (χ0) is 14.5. The van der Waals surface area contributed by atoms with E-state index in [9.17, 15) is 8.42 Å². The van der Waals surface area contributed by atoms with Crippen molar-refractivity contribution in [2.75, 3.05) is 27.2 Å². The Morgan fingerprint density at radius 1 is 1.16 bits per heavy atom. The van der Waals surface area contributed by atoms with Crippen molar-refractivity contribution in [2.24, 2.45) is 5.92 Å². The van der Waals surface area contributed by atoms with E-state index in [0.717, 1.165) is 6.42 Å². The summed E-state index contributed by atoms with van der Waals surface area (Å²) >= 11 is 0. The number of nitrogens with zero attached hydrogens (tertiary/aromatic N) is 1. The van der Waals surface area contributed by atoms with Crippen LogP contribution in [0.4, 0.5) is 0 Å². The Morgan fingerprint density at radius 2 is 1.74 bits per heavy atom. The second-order valence-electron chi connectivity index (χ2n) is 5.44. The summed E-state index contributed by atoms with van der Waals surface area (Å²) in [6.45, 7) is 5.40. The van der Waals surface area contributed by atoms with Gasteiger partial charge in [0, 0.05) is 13.1 Å². The van der Waals surface area contributed by atoms with Crippen molar-refractivity contribution in [1.29, 1.82) is 0 Å². The molecule has 1 aromatic rings. The number of rotatable bonds is 7. The highest BCUT2D eigenvalue weighted by Gasteiger charge is 2.13. The molecule has 0 aromatic heterocycles. The maximum Gasteiger partial charge on any atom is 0.240 e. The molecular formula is C14H24N2O2S. The molecule has 0 fully saturated rings.